The van der Waals surface area contributed by atoms with Crippen LogP contribution in [0.1, 0.15) is 33.1 Å². The molecule has 0 aromatic rings. The van der Waals surface area contributed by atoms with Crippen molar-refractivity contribution in [2.24, 2.45) is 16.6 Å². The second kappa shape index (κ2) is 6.35. The van der Waals surface area contributed by atoms with Gasteiger partial charge in [0.1, 0.15) is 0 Å². The summed E-state index contributed by atoms with van der Waals surface area (Å²) in [5, 5.41) is 5.97. The summed E-state index contributed by atoms with van der Waals surface area (Å²) in [5.74, 6) is 1.11. The fraction of sp³-hybridized carbons (Fsp3) is 0.818. The number of piperidine rings is 1. The van der Waals surface area contributed by atoms with Crippen LogP contribution in [0.2, 0.25) is 0 Å². The Hall–Kier alpha value is -1.26. The largest absolute Gasteiger partial charge is 0.370 e. The number of carbonyl (C=O) groups excluding carboxylic acids is 1. The predicted molar refractivity (Wildman–Crippen MR) is 65.1 cm³/mol. The van der Waals surface area contributed by atoms with Crippen molar-refractivity contribution in [1.82, 2.24) is 10.6 Å². The Morgan fingerprint density at radius 1 is 1.69 bits per heavy atom. The molecule has 1 unspecified atom stereocenters. The van der Waals surface area contributed by atoms with Gasteiger partial charge in [-0.1, -0.05) is 13.8 Å². The number of hydrogen-bond donors (Lipinski definition) is 3. The van der Waals surface area contributed by atoms with Crippen molar-refractivity contribution in [2.75, 3.05) is 13.1 Å². The van der Waals surface area contributed by atoms with E-state index in [0.717, 1.165) is 19.4 Å². The molecule has 4 N–H and O–H groups in total. The number of nitrogens with zero attached hydrogens (tertiary/aromatic N) is 1. The van der Waals surface area contributed by atoms with Gasteiger partial charge < -0.3 is 16.4 Å². The molecule has 92 valence electrons. The molecule has 0 aromatic carbocycles. The molecule has 1 heterocycles. The Labute approximate surface area is 96.9 Å². The zero-order valence-electron chi connectivity index (χ0n) is 10.1. The van der Waals surface area contributed by atoms with Gasteiger partial charge in [-0.3, -0.25) is 9.79 Å². The maximum absolute atomic E-state index is 11.1. The average molecular weight is 226 g/mol. The smallest absolute Gasteiger partial charge is 0.220 e. The highest BCUT2D eigenvalue weighted by molar-refractivity contribution is 5.78. The summed E-state index contributed by atoms with van der Waals surface area (Å²) in [4.78, 5) is 15.3. The summed E-state index contributed by atoms with van der Waals surface area (Å²) in [6.45, 7) is 5.59. The number of nitrogens with one attached hydrogen (secondary N) is 2. The fourth-order valence-electron chi connectivity index (χ4n) is 1.60. The third kappa shape index (κ3) is 5.00. The molecule has 5 heteroatoms. The topological polar surface area (TPSA) is 79.5 Å². The van der Waals surface area contributed by atoms with E-state index in [1.165, 1.54) is 0 Å². The summed E-state index contributed by atoms with van der Waals surface area (Å²) < 4.78 is 0. The van der Waals surface area contributed by atoms with Crippen LogP contribution in [0.5, 0.6) is 0 Å². The van der Waals surface area contributed by atoms with Gasteiger partial charge >= 0.3 is 0 Å². The van der Waals surface area contributed by atoms with Crippen molar-refractivity contribution in [3.05, 3.63) is 0 Å². The summed E-state index contributed by atoms with van der Waals surface area (Å²) >= 11 is 0. The van der Waals surface area contributed by atoms with Crippen LogP contribution in [0.3, 0.4) is 0 Å². The van der Waals surface area contributed by atoms with Crippen LogP contribution in [0.15, 0.2) is 4.99 Å². The molecule has 0 aromatic heterocycles. The van der Waals surface area contributed by atoms with Crippen molar-refractivity contribution in [3.63, 3.8) is 0 Å². The number of carbonyl (C=O) groups is 1. The maximum atomic E-state index is 11.1. The number of nitrogens with two attached hydrogens (primary N) is 1. The summed E-state index contributed by atoms with van der Waals surface area (Å²) in [6, 6.07) is 0.189. The van der Waals surface area contributed by atoms with Gasteiger partial charge in [0.2, 0.25) is 5.91 Å². The van der Waals surface area contributed by atoms with Crippen molar-refractivity contribution in [1.29, 1.82) is 0 Å². The highest BCUT2D eigenvalue weighted by Gasteiger charge is 2.17. The lowest BCUT2D eigenvalue weighted by atomic mass is 10.0. The van der Waals surface area contributed by atoms with Gasteiger partial charge in [0.15, 0.2) is 5.96 Å². The van der Waals surface area contributed by atoms with Crippen molar-refractivity contribution < 1.29 is 4.79 Å². The fourth-order valence-corrected chi connectivity index (χ4v) is 1.60. The van der Waals surface area contributed by atoms with Crippen LogP contribution >= 0.6 is 0 Å². The highest BCUT2D eigenvalue weighted by Crippen LogP contribution is 2.06. The van der Waals surface area contributed by atoms with Crippen LogP contribution in [-0.2, 0) is 4.79 Å². The second-order valence-electron chi connectivity index (χ2n) is 4.66. The maximum Gasteiger partial charge on any atom is 0.220 e. The molecule has 0 bridgehead atoms. The Morgan fingerprint density at radius 2 is 2.44 bits per heavy atom. The minimum absolute atomic E-state index is 0.135. The minimum atomic E-state index is 0.135. The average Bonchev–Trinajstić information content (AvgIpc) is 2.23. The summed E-state index contributed by atoms with van der Waals surface area (Å²) in [7, 11) is 0. The Kier molecular flexibility index (Phi) is 5.08. The molecular formula is C11H22N4O. The number of hydrogen-bond acceptors (Lipinski definition) is 2. The molecule has 16 heavy (non-hydrogen) atoms. The van der Waals surface area contributed by atoms with Crippen molar-refractivity contribution >= 4 is 11.9 Å². The highest BCUT2D eigenvalue weighted by atomic mass is 16.1. The van der Waals surface area contributed by atoms with Crippen LogP contribution in [0, 0.1) is 5.92 Å². The molecule has 0 spiro atoms. The van der Waals surface area contributed by atoms with Gasteiger partial charge in [0, 0.05) is 25.6 Å². The van der Waals surface area contributed by atoms with Crippen LogP contribution in [-0.4, -0.2) is 31.0 Å². The lowest BCUT2D eigenvalue weighted by Crippen LogP contribution is -2.47. The van der Waals surface area contributed by atoms with E-state index in [-0.39, 0.29) is 11.9 Å². The van der Waals surface area contributed by atoms with Gasteiger partial charge in [-0.15, -0.1) is 0 Å². The normalized spacial score (nSPS) is 22.1. The molecule has 1 saturated heterocycles. The van der Waals surface area contributed by atoms with E-state index in [1.54, 1.807) is 0 Å². The van der Waals surface area contributed by atoms with Gasteiger partial charge in [0.05, 0.1) is 0 Å². The summed E-state index contributed by atoms with van der Waals surface area (Å²) in [6.07, 6.45) is 2.62. The zero-order chi connectivity index (χ0) is 12.0. The van der Waals surface area contributed by atoms with E-state index < -0.39 is 0 Å². The first kappa shape index (κ1) is 12.8. The molecule has 0 radical (unpaired) electrons. The number of guanidine groups is 1. The molecule has 0 saturated carbocycles. The Morgan fingerprint density at radius 3 is 3.06 bits per heavy atom. The van der Waals surface area contributed by atoms with Gasteiger partial charge in [-0.2, -0.15) is 0 Å². The standard InChI is InChI=1S/C11H22N4O/c1-8(2)6-13-11(12)14-7-9-4-3-5-10(16)15-9/h8-9H,3-7H2,1-2H3,(H,15,16)(H3,12,13,14). The van der Waals surface area contributed by atoms with Crippen LogP contribution < -0.4 is 16.4 Å². The molecule has 1 aliphatic rings. The van der Waals surface area contributed by atoms with E-state index in [0.29, 0.717) is 24.8 Å². The molecule has 1 rings (SSSR count). The first-order valence-electron chi connectivity index (χ1n) is 5.91. The third-order valence-electron chi connectivity index (χ3n) is 2.48. The Balaban J connectivity index is 2.22. The first-order chi connectivity index (χ1) is 7.58. The molecule has 1 atom stereocenters. The van der Waals surface area contributed by atoms with E-state index in [2.05, 4.69) is 29.5 Å². The third-order valence-corrected chi connectivity index (χ3v) is 2.48. The molecule has 1 amide bonds. The quantitative estimate of drug-likeness (QED) is 0.474. The van der Waals surface area contributed by atoms with E-state index >= 15 is 0 Å². The van der Waals surface area contributed by atoms with Crippen molar-refractivity contribution in [3.8, 4) is 0 Å². The predicted octanol–water partition coefficient (Wildman–Crippen LogP) is 0.215. The van der Waals surface area contributed by atoms with Crippen LogP contribution in [0.25, 0.3) is 0 Å². The number of aliphatic imine (C=N–C) groups is 1. The Bertz CT molecular complexity index is 263. The SMILES string of the molecule is CC(C)CN=C(N)NCC1CCCC(=O)N1. The lowest BCUT2D eigenvalue weighted by molar-refractivity contribution is -0.123. The molecule has 0 aliphatic carbocycles. The lowest BCUT2D eigenvalue weighted by Gasteiger charge is -2.23. The number of rotatable bonds is 4. The second-order valence-corrected chi connectivity index (χ2v) is 4.66. The zero-order valence-corrected chi connectivity index (χ0v) is 10.1. The first-order valence-corrected chi connectivity index (χ1v) is 5.91. The number of amides is 1. The van der Waals surface area contributed by atoms with E-state index in [9.17, 15) is 4.79 Å². The minimum Gasteiger partial charge on any atom is -0.370 e. The molecule has 1 aliphatic heterocycles. The molecule has 1 fully saturated rings. The van der Waals surface area contributed by atoms with Gasteiger partial charge in [-0.25, -0.2) is 0 Å². The summed E-state index contributed by atoms with van der Waals surface area (Å²) in [5.41, 5.74) is 5.70. The van der Waals surface area contributed by atoms with Gasteiger partial charge in [0.25, 0.3) is 0 Å². The van der Waals surface area contributed by atoms with Crippen LogP contribution in [0.4, 0.5) is 0 Å². The monoisotopic (exact) mass is 226 g/mol. The van der Waals surface area contributed by atoms with Crippen molar-refractivity contribution in [2.45, 2.75) is 39.2 Å². The molecular weight excluding hydrogens is 204 g/mol. The van der Waals surface area contributed by atoms with E-state index in [1.807, 2.05) is 0 Å². The van der Waals surface area contributed by atoms with Gasteiger partial charge in [-0.05, 0) is 18.8 Å². The van der Waals surface area contributed by atoms with E-state index in [4.69, 9.17) is 5.73 Å². The molecule has 5 nitrogen and oxygen atoms in total.